The zero-order valence-corrected chi connectivity index (χ0v) is 16.5. The molecule has 1 atom stereocenters. The van der Waals surface area contributed by atoms with Crippen molar-refractivity contribution in [1.29, 1.82) is 0 Å². The first-order valence-electron chi connectivity index (χ1n) is 8.81. The number of carbonyl (C=O) groups is 2. The van der Waals surface area contributed by atoms with E-state index in [9.17, 15) is 9.59 Å². The zero-order valence-electron chi connectivity index (χ0n) is 15.0. The lowest BCUT2D eigenvalue weighted by Gasteiger charge is -2.18. The van der Waals surface area contributed by atoms with Crippen LogP contribution in [0.25, 0.3) is 0 Å². The fourth-order valence-corrected chi connectivity index (χ4v) is 3.71. The number of benzene rings is 2. The summed E-state index contributed by atoms with van der Waals surface area (Å²) in [5.41, 5.74) is 2.44. The molecule has 2 aromatic rings. The second-order valence-corrected chi connectivity index (χ2v) is 7.45. The van der Waals surface area contributed by atoms with E-state index in [1.807, 2.05) is 36.1 Å². The van der Waals surface area contributed by atoms with E-state index in [1.54, 1.807) is 18.2 Å². The van der Waals surface area contributed by atoms with Gasteiger partial charge in [0.2, 0.25) is 5.91 Å². The average Bonchev–Trinajstić information content (AvgIpc) is 2.99. The van der Waals surface area contributed by atoms with Crippen LogP contribution in [0.5, 0.6) is 0 Å². The van der Waals surface area contributed by atoms with Crippen molar-refractivity contribution < 1.29 is 9.59 Å². The quantitative estimate of drug-likeness (QED) is 0.734. The maximum Gasteiger partial charge on any atom is 0.319 e. The summed E-state index contributed by atoms with van der Waals surface area (Å²) in [6.45, 7) is 3.20. The normalized spacial score (nSPS) is 14.9. The number of likely N-dealkylation sites (tertiary alicyclic amines) is 1. The van der Waals surface area contributed by atoms with E-state index >= 15 is 0 Å². The molecule has 1 fully saturated rings. The van der Waals surface area contributed by atoms with Crippen LogP contribution in [0.4, 0.5) is 10.5 Å². The standard InChI is InChI=1S/C20H21Cl2N3O2/c1-13(17-8-7-15(21)11-18(17)22)23-20(27)24-16-5-2-4-14(10-16)12-25-9-3-6-19(25)26/h2,4-5,7-8,10-11,13H,3,6,9,12H2,1H3,(H2,23,24,27)/t13-/m1/s1. The minimum atomic E-state index is -0.331. The van der Waals surface area contributed by atoms with Crippen molar-refractivity contribution in [3.63, 3.8) is 0 Å². The zero-order chi connectivity index (χ0) is 19.4. The average molecular weight is 406 g/mol. The van der Waals surface area contributed by atoms with E-state index in [4.69, 9.17) is 23.2 Å². The lowest BCUT2D eigenvalue weighted by atomic mass is 10.1. The third kappa shape index (κ3) is 5.15. The topological polar surface area (TPSA) is 61.4 Å². The Bertz CT molecular complexity index is 857. The molecule has 1 saturated heterocycles. The SMILES string of the molecule is C[C@@H](NC(=O)Nc1cccc(CN2CCCC2=O)c1)c1ccc(Cl)cc1Cl. The molecule has 0 spiro atoms. The van der Waals surface area contributed by atoms with Gasteiger partial charge in [-0.3, -0.25) is 4.79 Å². The Morgan fingerprint density at radius 1 is 1.22 bits per heavy atom. The van der Waals surface area contributed by atoms with Crippen molar-refractivity contribution in [2.24, 2.45) is 0 Å². The Labute approximate surface area is 168 Å². The predicted octanol–water partition coefficient (Wildman–Crippen LogP) is 5.00. The molecule has 5 nitrogen and oxygen atoms in total. The highest BCUT2D eigenvalue weighted by atomic mass is 35.5. The van der Waals surface area contributed by atoms with Crippen LogP contribution in [-0.2, 0) is 11.3 Å². The maximum atomic E-state index is 12.3. The largest absolute Gasteiger partial charge is 0.338 e. The smallest absolute Gasteiger partial charge is 0.319 e. The van der Waals surface area contributed by atoms with Crippen molar-refractivity contribution >= 4 is 40.8 Å². The monoisotopic (exact) mass is 405 g/mol. The molecule has 142 valence electrons. The maximum absolute atomic E-state index is 12.3. The van der Waals surface area contributed by atoms with Gasteiger partial charge in [0.1, 0.15) is 0 Å². The van der Waals surface area contributed by atoms with Gasteiger partial charge in [-0.15, -0.1) is 0 Å². The first kappa shape index (κ1) is 19.5. The number of urea groups is 1. The van der Waals surface area contributed by atoms with E-state index in [1.165, 1.54) is 0 Å². The molecule has 0 aliphatic carbocycles. The highest BCUT2D eigenvalue weighted by molar-refractivity contribution is 6.35. The van der Waals surface area contributed by atoms with E-state index in [0.717, 1.165) is 24.1 Å². The van der Waals surface area contributed by atoms with Gasteiger partial charge < -0.3 is 15.5 Å². The molecule has 1 aliphatic heterocycles. The number of amides is 3. The molecule has 3 amide bonds. The molecule has 0 bridgehead atoms. The van der Waals surface area contributed by atoms with E-state index < -0.39 is 0 Å². The summed E-state index contributed by atoms with van der Waals surface area (Å²) in [6, 6.07) is 12.1. The van der Waals surface area contributed by atoms with Crippen molar-refractivity contribution in [1.82, 2.24) is 10.2 Å². The van der Waals surface area contributed by atoms with Gasteiger partial charge in [-0.05, 0) is 48.7 Å². The fraction of sp³-hybridized carbons (Fsp3) is 0.300. The van der Waals surface area contributed by atoms with Crippen molar-refractivity contribution in [2.45, 2.75) is 32.4 Å². The van der Waals surface area contributed by atoms with Gasteiger partial charge in [0.25, 0.3) is 0 Å². The molecule has 0 unspecified atom stereocenters. The first-order valence-corrected chi connectivity index (χ1v) is 9.57. The van der Waals surface area contributed by atoms with Crippen molar-refractivity contribution in [3.05, 3.63) is 63.6 Å². The Morgan fingerprint density at radius 2 is 2.04 bits per heavy atom. The number of nitrogens with zero attached hydrogens (tertiary/aromatic N) is 1. The number of anilines is 1. The molecule has 7 heteroatoms. The van der Waals surface area contributed by atoms with Crippen LogP contribution in [-0.4, -0.2) is 23.4 Å². The minimum absolute atomic E-state index is 0.180. The van der Waals surface area contributed by atoms with Crippen LogP contribution < -0.4 is 10.6 Å². The number of carbonyl (C=O) groups excluding carboxylic acids is 2. The summed E-state index contributed by atoms with van der Waals surface area (Å²) in [6.07, 6.45) is 1.52. The molecular weight excluding hydrogens is 385 g/mol. The summed E-state index contributed by atoms with van der Waals surface area (Å²) in [5.74, 6) is 0.180. The Balaban J connectivity index is 1.60. The Kier molecular flexibility index (Phi) is 6.24. The number of halogens is 2. The summed E-state index contributed by atoms with van der Waals surface area (Å²) >= 11 is 12.1. The molecule has 27 heavy (non-hydrogen) atoms. The minimum Gasteiger partial charge on any atom is -0.338 e. The fourth-order valence-electron chi connectivity index (χ4n) is 3.13. The van der Waals surface area contributed by atoms with Crippen LogP contribution in [0.1, 0.15) is 36.9 Å². The number of rotatable bonds is 5. The Hall–Kier alpha value is -2.24. The first-order chi connectivity index (χ1) is 12.9. The van der Waals surface area contributed by atoms with Gasteiger partial charge in [-0.1, -0.05) is 41.4 Å². The number of hydrogen-bond donors (Lipinski definition) is 2. The van der Waals surface area contributed by atoms with Crippen LogP contribution in [0.15, 0.2) is 42.5 Å². The molecule has 1 heterocycles. The third-order valence-electron chi connectivity index (χ3n) is 4.51. The summed E-state index contributed by atoms with van der Waals surface area (Å²) < 4.78 is 0. The van der Waals surface area contributed by atoms with Gasteiger partial charge in [-0.25, -0.2) is 4.79 Å². The number of hydrogen-bond acceptors (Lipinski definition) is 2. The van der Waals surface area contributed by atoms with Crippen LogP contribution in [0.3, 0.4) is 0 Å². The van der Waals surface area contributed by atoms with Gasteiger partial charge in [0.15, 0.2) is 0 Å². The van der Waals surface area contributed by atoms with E-state index in [-0.39, 0.29) is 18.0 Å². The van der Waals surface area contributed by atoms with Gasteiger partial charge in [0, 0.05) is 35.2 Å². The van der Waals surface area contributed by atoms with Gasteiger partial charge in [0.05, 0.1) is 6.04 Å². The molecular formula is C20H21Cl2N3O2. The lowest BCUT2D eigenvalue weighted by molar-refractivity contribution is -0.128. The second kappa shape index (κ2) is 8.63. The Morgan fingerprint density at radius 3 is 2.74 bits per heavy atom. The third-order valence-corrected chi connectivity index (χ3v) is 5.07. The van der Waals surface area contributed by atoms with Crippen LogP contribution >= 0.6 is 23.2 Å². The summed E-state index contributed by atoms with van der Waals surface area (Å²) in [5, 5.41) is 6.75. The molecule has 2 N–H and O–H groups in total. The van der Waals surface area contributed by atoms with Crippen LogP contribution in [0, 0.1) is 0 Å². The van der Waals surface area contributed by atoms with E-state index in [2.05, 4.69) is 10.6 Å². The highest BCUT2D eigenvalue weighted by Gasteiger charge is 2.20. The molecule has 0 saturated carbocycles. The lowest BCUT2D eigenvalue weighted by Crippen LogP contribution is -2.31. The molecule has 2 aromatic carbocycles. The molecule has 3 rings (SSSR count). The summed E-state index contributed by atoms with van der Waals surface area (Å²) in [7, 11) is 0. The van der Waals surface area contributed by atoms with Crippen LogP contribution in [0.2, 0.25) is 10.0 Å². The second-order valence-electron chi connectivity index (χ2n) is 6.61. The summed E-state index contributed by atoms with van der Waals surface area (Å²) in [4.78, 5) is 25.9. The number of nitrogens with one attached hydrogen (secondary N) is 2. The highest BCUT2D eigenvalue weighted by Crippen LogP contribution is 2.26. The van der Waals surface area contributed by atoms with Gasteiger partial charge in [-0.2, -0.15) is 0 Å². The molecule has 1 aliphatic rings. The van der Waals surface area contributed by atoms with Crippen molar-refractivity contribution in [3.8, 4) is 0 Å². The van der Waals surface area contributed by atoms with Gasteiger partial charge >= 0.3 is 6.03 Å². The predicted molar refractivity (Wildman–Crippen MR) is 108 cm³/mol. The van der Waals surface area contributed by atoms with E-state index in [0.29, 0.717) is 28.7 Å². The van der Waals surface area contributed by atoms with Crippen molar-refractivity contribution in [2.75, 3.05) is 11.9 Å². The molecule has 0 aromatic heterocycles. The molecule has 0 radical (unpaired) electrons.